The SMILES string of the molecule is COCCNC(=O)CCC(=O)N(CC(=O)NC[C@@H]1CCCO1)c1cc(C)on1. The molecule has 1 aliphatic heterocycles. The van der Waals surface area contributed by atoms with Crippen LogP contribution in [0.1, 0.15) is 31.4 Å². The average molecular weight is 396 g/mol. The predicted molar refractivity (Wildman–Crippen MR) is 99.7 cm³/mol. The standard InChI is InChI=1S/C18H28N4O6/c1-13-10-15(21-28-13)22(12-17(24)20-11-14-4-3-8-27-14)18(25)6-5-16(23)19-7-9-26-2/h10,14H,3-9,11-12H2,1-2H3,(H,19,23)(H,20,24)/t14-/m0/s1. The molecule has 0 unspecified atom stereocenters. The van der Waals surface area contributed by atoms with Crippen molar-refractivity contribution in [2.75, 3.05) is 44.9 Å². The van der Waals surface area contributed by atoms with Gasteiger partial charge in [-0.15, -0.1) is 0 Å². The fourth-order valence-corrected chi connectivity index (χ4v) is 2.75. The van der Waals surface area contributed by atoms with Gasteiger partial charge >= 0.3 is 0 Å². The van der Waals surface area contributed by atoms with Crippen molar-refractivity contribution in [3.05, 3.63) is 11.8 Å². The minimum atomic E-state index is -0.387. The number of amides is 3. The number of ether oxygens (including phenoxy) is 2. The van der Waals surface area contributed by atoms with Gasteiger partial charge in [0.15, 0.2) is 5.82 Å². The number of hydrogen-bond acceptors (Lipinski definition) is 7. The molecular formula is C18H28N4O6. The van der Waals surface area contributed by atoms with Crippen LogP contribution in [0.5, 0.6) is 0 Å². The fraction of sp³-hybridized carbons (Fsp3) is 0.667. The quantitative estimate of drug-likeness (QED) is 0.511. The number of rotatable bonds is 11. The van der Waals surface area contributed by atoms with Gasteiger partial charge in [0.1, 0.15) is 12.3 Å². The van der Waals surface area contributed by atoms with Crippen molar-refractivity contribution in [2.45, 2.75) is 38.7 Å². The number of hydrogen-bond donors (Lipinski definition) is 2. The molecule has 0 radical (unpaired) electrons. The Hall–Kier alpha value is -2.46. The van der Waals surface area contributed by atoms with E-state index in [0.29, 0.717) is 32.1 Å². The van der Waals surface area contributed by atoms with Crippen molar-refractivity contribution in [3.63, 3.8) is 0 Å². The first-order chi connectivity index (χ1) is 13.5. The molecule has 28 heavy (non-hydrogen) atoms. The molecule has 10 nitrogen and oxygen atoms in total. The van der Waals surface area contributed by atoms with Crippen LogP contribution in [0.2, 0.25) is 0 Å². The van der Waals surface area contributed by atoms with Crippen LogP contribution in [0.3, 0.4) is 0 Å². The van der Waals surface area contributed by atoms with Crippen LogP contribution in [0.4, 0.5) is 5.82 Å². The molecule has 2 N–H and O–H groups in total. The number of anilines is 1. The summed E-state index contributed by atoms with van der Waals surface area (Å²) in [5, 5.41) is 9.25. The van der Waals surface area contributed by atoms with E-state index >= 15 is 0 Å². The Morgan fingerprint density at radius 3 is 2.75 bits per heavy atom. The zero-order valence-electron chi connectivity index (χ0n) is 16.4. The molecular weight excluding hydrogens is 368 g/mol. The summed E-state index contributed by atoms with van der Waals surface area (Å²) in [4.78, 5) is 37.9. The second kappa shape index (κ2) is 11.4. The molecule has 1 saturated heterocycles. The van der Waals surface area contributed by atoms with Gasteiger partial charge in [0.2, 0.25) is 17.7 Å². The Balaban J connectivity index is 1.88. The third-order valence-corrected chi connectivity index (χ3v) is 4.24. The van der Waals surface area contributed by atoms with Gasteiger partial charge in [0.25, 0.3) is 0 Å². The van der Waals surface area contributed by atoms with Gasteiger partial charge in [-0.2, -0.15) is 0 Å². The lowest BCUT2D eigenvalue weighted by atomic mass is 10.2. The van der Waals surface area contributed by atoms with Crippen LogP contribution in [-0.4, -0.2) is 68.9 Å². The lowest BCUT2D eigenvalue weighted by Crippen LogP contribution is -2.43. The molecule has 156 valence electrons. The van der Waals surface area contributed by atoms with E-state index in [9.17, 15) is 14.4 Å². The average Bonchev–Trinajstić information content (AvgIpc) is 3.34. The van der Waals surface area contributed by atoms with Crippen LogP contribution in [0.25, 0.3) is 0 Å². The predicted octanol–water partition coefficient (Wildman–Crippen LogP) is 0.154. The van der Waals surface area contributed by atoms with Crippen LogP contribution in [0, 0.1) is 6.92 Å². The summed E-state index contributed by atoms with van der Waals surface area (Å²) in [6, 6.07) is 1.57. The van der Waals surface area contributed by atoms with Crippen LogP contribution in [-0.2, 0) is 23.9 Å². The second-order valence-electron chi connectivity index (χ2n) is 6.56. The van der Waals surface area contributed by atoms with Crippen LogP contribution in [0.15, 0.2) is 10.6 Å². The van der Waals surface area contributed by atoms with E-state index in [1.807, 2.05) is 0 Å². The monoisotopic (exact) mass is 396 g/mol. The van der Waals surface area contributed by atoms with E-state index in [4.69, 9.17) is 14.0 Å². The Kier molecular flexibility index (Phi) is 8.89. The van der Waals surface area contributed by atoms with Crippen LogP contribution >= 0.6 is 0 Å². The summed E-state index contributed by atoms with van der Waals surface area (Å²) in [5.74, 6) is -0.208. The highest BCUT2D eigenvalue weighted by Crippen LogP contribution is 2.16. The Morgan fingerprint density at radius 1 is 1.29 bits per heavy atom. The molecule has 1 fully saturated rings. The summed E-state index contributed by atoms with van der Waals surface area (Å²) < 4.78 is 15.4. The van der Waals surface area contributed by atoms with Gasteiger partial charge in [-0.3, -0.25) is 19.3 Å². The molecule has 10 heteroatoms. The fourth-order valence-electron chi connectivity index (χ4n) is 2.75. The molecule has 3 amide bonds. The molecule has 1 aliphatic rings. The first-order valence-corrected chi connectivity index (χ1v) is 9.37. The number of methoxy groups -OCH3 is 1. The minimum Gasteiger partial charge on any atom is -0.383 e. The highest BCUT2D eigenvalue weighted by atomic mass is 16.5. The third-order valence-electron chi connectivity index (χ3n) is 4.24. The molecule has 1 atom stereocenters. The second-order valence-corrected chi connectivity index (χ2v) is 6.56. The van der Waals surface area contributed by atoms with Crippen molar-refractivity contribution in [1.29, 1.82) is 0 Å². The number of nitrogens with zero attached hydrogens (tertiary/aromatic N) is 2. The zero-order valence-corrected chi connectivity index (χ0v) is 16.4. The summed E-state index contributed by atoms with van der Waals surface area (Å²) in [6.07, 6.45) is 1.86. The number of carbonyl (C=O) groups is 3. The summed E-state index contributed by atoms with van der Waals surface area (Å²) >= 11 is 0. The van der Waals surface area contributed by atoms with Gasteiger partial charge in [-0.1, -0.05) is 5.16 Å². The van der Waals surface area contributed by atoms with Gasteiger partial charge in [-0.05, 0) is 19.8 Å². The van der Waals surface area contributed by atoms with Gasteiger partial charge < -0.3 is 24.6 Å². The Bertz CT molecular complexity index is 656. The van der Waals surface area contributed by atoms with Crippen molar-refractivity contribution in [1.82, 2.24) is 15.8 Å². The van der Waals surface area contributed by atoms with E-state index in [1.165, 1.54) is 12.0 Å². The molecule has 1 aromatic heterocycles. The van der Waals surface area contributed by atoms with E-state index in [-0.39, 0.29) is 49.0 Å². The lowest BCUT2D eigenvalue weighted by Gasteiger charge is -2.20. The van der Waals surface area contributed by atoms with E-state index in [1.54, 1.807) is 13.0 Å². The first-order valence-electron chi connectivity index (χ1n) is 9.37. The van der Waals surface area contributed by atoms with Gasteiger partial charge in [0.05, 0.1) is 12.7 Å². The van der Waals surface area contributed by atoms with Crippen molar-refractivity contribution >= 4 is 23.5 Å². The largest absolute Gasteiger partial charge is 0.383 e. The smallest absolute Gasteiger partial charge is 0.240 e. The number of aryl methyl sites for hydroxylation is 1. The topological polar surface area (TPSA) is 123 Å². The molecule has 2 heterocycles. The Morgan fingerprint density at radius 2 is 2.11 bits per heavy atom. The molecule has 0 saturated carbocycles. The van der Waals surface area contributed by atoms with Gasteiger partial charge in [0, 0.05) is 45.7 Å². The first kappa shape index (κ1) is 21.8. The maximum atomic E-state index is 12.6. The van der Waals surface area contributed by atoms with E-state index in [2.05, 4.69) is 15.8 Å². The Labute approximate surface area is 163 Å². The molecule has 0 aliphatic carbocycles. The van der Waals surface area contributed by atoms with E-state index in [0.717, 1.165) is 12.8 Å². The maximum absolute atomic E-state index is 12.6. The molecule has 0 aromatic carbocycles. The molecule has 2 rings (SSSR count). The molecule has 0 bridgehead atoms. The summed E-state index contributed by atoms with van der Waals surface area (Å²) in [5.41, 5.74) is 0. The number of carbonyl (C=O) groups excluding carboxylic acids is 3. The lowest BCUT2D eigenvalue weighted by molar-refractivity contribution is -0.126. The number of nitrogens with one attached hydrogen (secondary N) is 2. The summed E-state index contributed by atoms with van der Waals surface area (Å²) in [6.45, 7) is 3.37. The highest BCUT2D eigenvalue weighted by Gasteiger charge is 2.24. The molecule has 1 aromatic rings. The highest BCUT2D eigenvalue weighted by molar-refractivity contribution is 5.99. The normalized spacial score (nSPS) is 16.0. The maximum Gasteiger partial charge on any atom is 0.240 e. The van der Waals surface area contributed by atoms with Crippen molar-refractivity contribution in [2.24, 2.45) is 0 Å². The number of aromatic nitrogens is 1. The van der Waals surface area contributed by atoms with Gasteiger partial charge in [-0.25, -0.2) is 0 Å². The van der Waals surface area contributed by atoms with Crippen LogP contribution < -0.4 is 15.5 Å². The third kappa shape index (κ3) is 7.28. The van der Waals surface area contributed by atoms with E-state index < -0.39 is 0 Å². The molecule has 0 spiro atoms. The minimum absolute atomic E-state index is 0.00736. The zero-order chi connectivity index (χ0) is 20.4. The summed E-state index contributed by atoms with van der Waals surface area (Å²) in [7, 11) is 1.54. The van der Waals surface area contributed by atoms with Crippen molar-refractivity contribution in [3.8, 4) is 0 Å². The van der Waals surface area contributed by atoms with Crippen molar-refractivity contribution < 1.29 is 28.4 Å².